The molecule has 2 amide bonds. The molecular formula is C21H16N6O5. The number of anilines is 2. The Labute approximate surface area is 180 Å². The second-order valence-electron chi connectivity index (χ2n) is 6.56. The molecule has 11 nitrogen and oxygen atoms in total. The van der Waals surface area contributed by atoms with Gasteiger partial charge >= 0.3 is 6.03 Å². The third kappa shape index (κ3) is 4.36. The maximum atomic E-state index is 12.2. The molecule has 3 N–H and O–H groups in total. The van der Waals surface area contributed by atoms with Crippen molar-refractivity contribution < 1.29 is 19.6 Å². The van der Waals surface area contributed by atoms with E-state index < -0.39 is 11.0 Å². The van der Waals surface area contributed by atoms with E-state index in [2.05, 4.69) is 25.6 Å². The van der Waals surface area contributed by atoms with Crippen molar-refractivity contribution >= 4 is 34.4 Å². The van der Waals surface area contributed by atoms with E-state index in [1.165, 1.54) is 43.6 Å². The van der Waals surface area contributed by atoms with Crippen LogP contribution >= 0.6 is 0 Å². The van der Waals surface area contributed by atoms with E-state index in [1.54, 1.807) is 24.3 Å². The van der Waals surface area contributed by atoms with Crippen LogP contribution in [0.5, 0.6) is 11.5 Å². The number of nitrogens with zero attached hydrogens (tertiary/aromatic N) is 4. The smallest absolute Gasteiger partial charge is 0.324 e. The van der Waals surface area contributed by atoms with Crippen molar-refractivity contribution in [2.45, 2.75) is 0 Å². The lowest BCUT2D eigenvalue weighted by Gasteiger charge is -2.09. The van der Waals surface area contributed by atoms with Gasteiger partial charge < -0.3 is 15.2 Å². The summed E-state index contributed by atoms with van der Waals surface area (Å²) in [6, 6.07) is 13.2. The summed E-state index contributed by atoms with van der Waals surface area (Å²) in [5.74, 6) is 0.501. The van der Waals surface area contributed by atoms with Crippen molar-refractivity contribution in [2.24, 2.45) is 0 Å². The molecule has 160 valence electrons. The van der Waals surface area contributed by atoms with E-state index in [-0.39, 0.29) is 17.3 Å². The minimum Gasteiger partial charge on any atom is -0.504 e. The topological polar surface area (TPSA) is 152 Å². The van der Waals surface area contributed by atoms with Crippen molar-refractivity contribution in [3.8, 4) is 22.8 Å². The molecule has 0 radical (unpaired) electrons. The highest BCUT2D eigenvalue weighted by molar-refractivity contribution is 5.99. The van der Waals surface area contributed by atoms with Gasteiger partial charge in [0.05, 0.1) is 23.9 Å². The molecule has 0 aliphatic rings. The molecule has 0 spiro atoms. The molecular weight excluding hydrogens is 416 g/mol. The molecule has 4 rings (SSSR count). The van der Waals surface area contributed by atoms with Gasteiger partial charge in [-0.25, -0.2) is 19.7 Å². The highest BCUT2D eigenvalue weighted by Crippen LogP contribution is 2.31. The number of fused-ring (bicyclic) bond motifs is 1. The number of urea groups is 1. The van der Waals surface area contributed by atoms with Crippen LogP contribution in [-0.2, 0) is 0 Å². The zero-order valence-corrected chi connectivity index (χ0v) is 16.6. The summed E-state index contributed by atoms with van der Waals surface area (Å²) in [7, 11) is 1.46. The fourth-order valence-corrected chi connectivity index (χ4v) is 2.90. The highest BCUT2D eigenvalue weighted by Gasteiger charge is 2.11. The SMILES string of the molecule is COc1cc(-c2ccc3ncc(NC(=O)Nc4ccc([N+](=O)[O-])cc4)nc3n2)ccc1O. The third-order valence-electron chi connectivity index (χ3n) is 4.46. The van der Waals surface area contributed by atoms with Crippen LogP contribution in [0, 0.1) is 10.1 Å². The molecule has 11 heteroatoms. The zero-order valence-electron chi connectivity index (χ0n) is 16.6. The Morgan fingerprint density at radius 1 is 1.06 bits per heavy atom. The van der Waals surface area contributed by atoms with Gasteiger partial charge in [-0.2, -0.15) is 0 Å². The predicted octanol–water partition coefficient (Wildman–Crippen LogP) is 3.96. The number of ether oxygens (including phenoxy) is 1. The predicted molar refractivity (Wildman–Crippen MR) is 117 cm³/mol. The maximum absolute atomic E-state index is 12.2. The van der Waals surface area contributed by atoms with Crippen LogP contribution in [-0.4, -0.2) is 38.1 Å². The summed E-state index contributed by atoms with van der Waals surface area (Å²) >= 11 is 0. The molecule has 2 heterocycles. The Morgan fingerprint density at radius 2 is 1.84 bits per heavy atom. The molecule has 0 aliphatic carbocycles. The summed E-state index contributed by atoms with van der Waals surface area (Å²) in [5.41, 5.74) is 2.42. The van der Waals surface area contributed by atoms with Gasteiger partial charge in [-0.1, -0.05) is 0 Å². The average molecular weight is 432 g/mol. The fraction of sp³-hybridized carbons (Fsp3) is 0.0476. The molecule has 32 heavy (non-hydrogen) atoms. The number of amides is 2. The van der Waals surface area contributed by atoms with E-state index in [0.29, 0.717) is 33.9 Å². The Balaban J connectivity index is 1.53. The number of phenolic OH excluding ortho intramolecular Hbond substituents is 1. The first-order chi connectivity index (χ1) is 15.4. The molecule has 0 atom stereocenters. The van der Waals surface area contributed by atoms with Crippen LogP contribution in [0.15, 0.2) is 60.8 Å². The Kier molecular flexibility index (Phi) is 5.45. The Hall–Kier alpha value is -4.80. The van der Waals surface area contributed by atoms with E-state index in [1.807, 2.05) is 0 Å². The van der Waals surface area contributed by atoms with Gasteiger partial charge in [0.2, 0.25) is 0 Å². The van der Waals surface area contributed by atoms with Gasteiger partial charge in [0, 0.05) is 23.4 Å². The molecule has 4 aromatic rings. The number of methoxy groups -OCH3 is 1. The molecule has 2 aromatic heterocycles. The number of carbonyl (C=O) groups is 1. The number of carbonyl (C=O) groups excluding carboxylic acids is 1. The number of aromatic nitrogens is 3. The number of pyridine rings is 1. The number of hydrogen-bond acceptors (Lipinski definition) is 8. The molecule has 2 aromatic carbocycles. The van der Waals surface area contributed by atoms with Crippen molar-refractivity contribution in [2.75, 3.05) is 17.7 Å². The van der Waals surface area contributed by atoms with Crippen molar-refractivity contribution in [3.05, 3.63) is 70.9 Å². The largest absolute Gasteiger partial charge is 0.504 e. The van der Waals surface area contributed by atoms with Crippen LogP contribution in [0.25, 0.3) is 22.4 Å². The molecule has 0 saturated carbocycles. The second kappa shape index (κ2) is 8.52. The Bertz CT molecular complexity index is 1330. The zero-order chi connectivity index (χ0) is 22.7. The van der Waals surface area contributed by atoms with Gasteiger partial charge in [0.15, 0.2) is 23.0 Å². The van der Waals surface area contributed by atoms with E-state index in [9.17, 15) is 20.0 Å². The first-order valence-electron chi connectivity index (χ1n) is 9.26. The third-order valence-corrected chi connectivity index (χ3v) is 4.46. The summed E-state index contributed by atoms with van der Waals surface area (Å²) in [5, 5.41) is 25.6. The van der Waals surface area contributed by atoms with Crippen molar-refractivity contribution in [1.29, 1.82) is 0 Å². The highest BCUT2D eigenvalue weighted by atomic mass is 16.6. The van der Waals surface area contributed by atoms with Gasteiger partial charge in [-0.05, 0) is 42.5 Å². The van der Waals surface area contributed by atoms with Gasteiger partial charge in [-0.15, -0.1) is 0 Å². The second-order valence-corrected chi connectivity index (χ2v) is 6.56. The van der Waals surface area contributed by atoms with Gasteiger partial charge in [0.1, 0.15) is 5.52 Å². The summed E-state index contributed by atoms with van der Waals surface area (Å²) in [6.45, 7) is 0. The van der Waals surface area contributed by atoms with Crippen molar-refractivity contribution in [1.82, 2.24) is 15.0 Å². The number of benzene rings is 2. The van der Waals surface area contributed by atoms with Crippen LogP contribution in [0.4, 0.5) is 22.0 Å². The first-order valence-corrected chi connectivity index (χ1v) is 9.26. The van der Waals surface area contributed by atoms with Crippen LogP contribution in [0.1, 0.15) is 0 Å². The lowest BCUT2D eigenvalue weighted by atomic mass is 10.1. The number of nitro groups is 1. The van der Waals surface area contributed by atoms with Crippen LogP contribution in [0.3, 0.4) is 0 Å². The van der Waals surface area contributed by atoms with Crippen LogP contribution in [0.2, 0.25) is 0 Å². The lowest BCUT2D eigenvalue weighted by Crippen LogP contribution is -2.20. The molecule has 0 saturated heterocycles. The summed E-state index contributed by atoms with van der Waals surface area (Å²) < 4.78 is 5.13. The molecule has 0 fully saturated rings. The number of nitro benzene ring substituents is 1. The average Bonchev–Trinajstić information content (AvgIpc) is 2.79. The van der Waals surface area contributed by atoms with Crippen LogP contribution < -0.4 is 15.4 Å². The summed E-state index contributed by atoms with van der Waals surface area (Å²) in [6.07, 6.45) is 1.39. The number of nitrogens with one attached hydrogen (secondary N) is 2. The minimum atomic E-state index is -0.591. The Morgan fingerprint density at radius 3 is 2.56 bits per heavy atom. The monoisotopic (exact) mass is 432 g/mol. The number of non-ortho nitro benzene ring substituents is 1. The quantitative estimate of drug-likeness (QED) is 0.316. The number of hydrogen-bond donors (Lipinski definition) is 3. The standard InChI is InChI=1S/C21H16N6O5/c1-32-18-10-12(2-9-17(18)28)15-7-8-16-20(24-15)25-19(11-22-16)26-21(29)23-13-3-5-14(6-4-13)27(30)31/h2-11,28H,1H3,(H2,23,24,25,26,29). The normalized spacial score (nSPS) is 10.5. The molecule has 0 unspecified atom stereocenters. The lowest BCUT2D eigenvalue weighted by molar-refractivity contribution is -0.384. The number of phenols is 1. The van der Waals surface area contributed by atoms with Crippen molar-refractivity contribution in [3.63, 3.8) is 0 Å². The number of aromatic hydroxyl groups is 1. The van der Waals surface area contributed by atoms with Gasteiger partial charge in [-0.3, -0.25) is 15.4 Å². The molecule has 0 bridgehead atoms. The number of rotatable bonds is 5. The summed E-state index contributed by atoms with van der Waals surface area (Å²) in [4.78, 5) is 35.5. The van der Waals surface area contributed by atoms with Gasteiger partial charge in [0.25, 0.3) is 5.69 Å². The molecule has 0 aliphatic heterocycles. The maximum Gasteiger partial charge on any atom is 0.324 e. The van der Waals surface area contributed by atoms with E-state index >= 15 is 0 Å². The van der Waals surface area contributed by atoms with E-state index in [4.69, 9.17) is 4.74 Å². The first kappa shape index (κ1) is 20.5. The minimum absolute atomic E-state index is 0.0161. The van der Waals surface area contributed by atoms with E-state index in [0.717, 1.165) is 0 Å². The fourth-order valence-electron chi connectivity index (χ4n) is 2.90.